The molecule has 2 nitrogen and oxygen atoms in total. The molecule has 0 atom stereocenters. The first-order valence-electron chi connectivity index (χ1n) is 39.7. The maximum Gasteiger partial charge on any atom is 0.252 e. The minimum atomic E-state index is -0.542. The lowest BCUT2D eigenvalue weighted by Crippen LogP contribution is -2.61. The van der Waals surface area contributed by atoms with Crippen LogP contribution in [0.15, 0.2) is 431 Å². The van der Waals surface area contributed by atoms with E-state index in [4.69, 9.17) is 0 Å². The molecule has 19 aromatic rings. The first-order valence-corrected chi connectivity index (χ1v) is 40.5. The van der Waals surface area contributed by atoms with Gasteiger partial charge in [-0.1, -0.05) is 394 Å². The van der Waals surface area contributed by atoms with Crippen LogP contribution in [0.5, 0.6) is 0 Å². The Balaban J connectivity index is 0.834. The van der Waals surface area contributed by atoms with Gasteiger partial charge < -0.3 is 9.80 Å². The van der Waals surface area contributed by atoms with E-state index in [9.17, 15) is 0 Å². The predicted octanol–water partition coefficient (Wildman–Crippen LogP) is 26.9. The molecule has 4 heteroatoms. The third-order valence-corrected chi connectivity index (χ3v) is 26.2. The first kappa shape index (κ1) is 65.7. The van der Waals surface area contributed by atoms with Crippen LogP contribution >= 0.6 is 11.3 Å². The molecular formula is C110H71BN2S. The van der Waals surface area contributed by atoms with Crippen molar-refractivity contribution in [1.29, 1.82) is 0 Å². The highest BCUT2D eigenvalue weighted by atomic mass is 32.1. The highest BCUT2D eigenvalue weighted by Gasteiger charge is 2.50. The monoisotopic (exact) mass is 1460 g/mol. The van der Waals surface area contributed by atoms with Gasteiger partial charge in [0.1, 0.15) is 0 Å². The minimum absolute atomic E-state index is 0.258. The van der Waals surface area contributed by atoms with Crippen molar-refractivity contribution in [3.05, 3.63) is 475 Å². The minimum Gasteiger partial charge on any atom is -0.310 e. The number of fused-ring (bicyclic) bond motifs is 14. The summed E-state index contributed by atoms with van der Waals surface area (Å²) in [5.74, 6) is 0. The summed E-state index contributed by atoms with van der Waals surface area (Å²) < 4.78 is 2.48. The SMILES string of the molecule is c1ccc(-c2cccc(-c3ccccc3)c2N2c3cc(-c4ccc5c(c4)-c4ccccc4C5(c4ccccc4)c4ccccc4)ccc3B3c4ccc(-c5ccc6c(c5)-c5ccccc5C6(c5ccccc5)c5ccccc5)cc4N(c4c(-c5ccccc5)cccc4-c4ccccc4)c4c3c2cc2c4sc3ccccc32)cc1. The maximum atomic E-state index is 2.75. The molecule has 18 aromatic carbocycles. The molecule has 0 bridgehead atoms. The van der Waals surface area contributed by atoms with E-state index >= 15 is 0 Å². The van der Waals surface area contributed by atoms with Gasteiger partial charge in [-0.15, -0.1) is 11.3 Å². The second-order valence-corrected chi connectivity index (χ2v) is 31.8. The molecule has 0 N–H and O–H groups in total. The summed E-state index contributed by atoms with van der Waals surface area (Å²) in [4.78, 5) is 5.47. The molecule has 530 valence electrons. The van der Waals surface area contributed by atoms with Gasteiger partial charge in [-0.05, 0) is 164 Å². The second-order valence-electron chi connectivity index (χ2n) is 30.7. The van der Waals surface area contributed by atoms with Crippen molar-refractivity contribution in [2.24, 2.45) is 0 Å². The number of rotatable bonds is 12. The van der Waals surface area contributed by atoms with Crippen molar-refractivity contribution >= 4 is 88.7 Å². The van der Waals surface area contributed by atoms with Crippen LogP contribution < -0.4 is 26.2 Å². The van der Waals surface area contributed by atoms with Crippen LogP contribution in [-0.2, 0) is 10.8 Å². The third-order valence-electron chi connectivity index (χ3n) is 25.0. The van der Waals surface area contributed by atoms with Crippen LogP contribution in [0.3, 0.4) is 0 Å². The normalized spacial score (nSPS) is 13.5. The van der Waals surface area contributed by atoms with Gasteiger partial charge in [0, 0.05) is 54.8 Å². The lowest BCUT2D eigenvalue weighted by molar-refractivity contribution is 0.768. The Kier molecular flexibility index (Phi) is 15.1. The molecule has 2 aliphatic carbocycles. The summed E-state index contributed by atoms with van der Waals surface area (Å²) in [6.07, 6.45) is 0. The molecule has 0 spiro atoms. The van der Waals surface area contributed by atoms with Gasteiger partial charge in [-0.3, -0.25) is 0 Å². The molecule has 1 aromatic heterocycles. The van der Waals surface area contributed by atoms with Crippen molar-refractivity contribution in [2.45, 2.75) is 10.8 Å². The summed E-state index contributed by atoms with van der Waals surface area (Å²) >= 11 is 1.92. The lowest BCUT2D eigenvalue weighted by Gasteiger charge is -2.46. The van der Waals surface area contributed by atoms with E-state index in [-0.39, 0.29) is 6.71 Å². The fraction of sp³-hybridized carbons (Fsp3) is 0.0182. The van der Waals surface area contributed by atoms with Crippen molar-refractivity contribution in [2.75, 3.05) is 9.80 Å². The second kappa shape index (κ2) is 26.3. The van der Waals surface area contributed by atoms with Gasteiger partial charge in [0.25, 0.3) is 6.71 Å². The predicted molar refractivity (Wildman–Crippen MR) is 481 cm³/mol. The van der Waals surface area contributed by atoms with E-state index in [1.165, 1.54) is 109 Å². The summed E-state index contributed by atoms with van der Waals surface area (Å²) in [5, 5.41) is 2.44. The van der Waals surface area contributed by atoms with E-state index < -0.39 is 10.8 Å². The fourth-order valence-electron chi connectivity index (χ4n) is 20.3. The quantitative estimate of drug-likeness (QED) is 0.113. The maximum absolute atomic E-state index is 2.75. The Morgan fingerprint density at radius 2 is 0.535 bits per heavy atom. The number of anilines is 6. The Hall–Kier alpha value is -14.2. The zero-order valence-electron chi connectivity index (χ0n) is 62.4. The topological polar surface area (TPSA) is 6.48 Å². The van der Waals surface area contributed by atoms with E-state index in [1.807, 2.05) is 11.3 Å². The molecule has 114 heavy (non-hydrogen) atoms. The van der Waals surface area contributed by atoms with Gasteiger partial charge in [-0.2, -0.15) is 0 Å². The number of para-hydroxylation sites is 2. The molecule has 0 unspecified atom stereocenters. The number of thiophene rings is 1. The molecule has 0 amide bonds. The molecular weight excluding hydrogens is 1390 g/mol. The summed E-state index contributed by atoms with van der Waals surface area (Å²) in [7, 11) is 0. The highest BCUT2D eigenvalue weighted by Crippen LogP contribution is 2.61. The number of benzene rings is 18. The average Bonchev–Trinajstić information content (AvgIpc) is 1.10. The molecule has 2 aliphatic heterocycles. The highest BCUT2D eigenvalue weighted by molar-refractivity contribution is 7.26. The molecule has 4 aliphatic rings. The lowest BCUT2D eigenvalue weighted by atomic mass is 9.33. The summed E-state index contributed by atoms with van der Waals surface area (Å²) in [6.45, 7) is -0.258. The Morgan fingerprint density at radius 3 is 0.956 bits per heavy atom. The van der Waals surface area contributed by atoms with Gasteiger partial charge in [0.15, 0.2) is 0 Å². The molecule has 0 fully saturated rings. The van der Waals surface area contributed by atoms with E-state index in [1.54, 1.807) is 0 Å². The number of nitrogens with zero attached hydrogens (tertiary/aromatic N) is 2. The Bertz CT molecular complexity index is 6820. The fourth-order valence-corrected chi connectivity index (χ4v) is 21.5. The Morgan fingerprint density at radius 1 is 0.211 bits per heavy atom. The van der Waals surface area contributed by atoms with Crippen LogP contribution in [0, 0.1) is 0 Å². The molecule has 3 heterocycles. The molecule has 23 rings (SSSR count). The van der Waals surface area contributed by atoms with Crippen molar-refractivity contribution in [1.82, 2.24) is 0 Å². The van der Waals surface area contributed by atoms with Crippen molar-refractivity contribution in [3.8, 4) is 89.0 Å². The number of hydrogen-bond acceptors (Lipinski definition) is 3. The van der Waals surface area contributed by atoms with Crippen LogP contribution in [0.1, 0.15) is 44.5 Å². The van der Waals surface area contributed by atoms with Crippen LogP contribution in [0.25, 0.3) is 109 Å². The summed E-state index contributed by atoms with van der Waals surface area (Å²) in [5.41, 5.74) is 38.4. The van der Waals surface area contributed by atoms with Crippen LogP contribution in [0.4, 0.5) is 34.1 Å². The van der Waals surface area contributed by atoms with E-state index in [2.05, 4.69) is 441 Å². The zero-order chi connectivity index (χ0) is 75.0. The van der Waals surface area contributed by atoms with E-state index in [0.29, 0.717) is 0 Å². The first-order chi connectivity index (χ1) is 56.6. The summed E-state index contributed by atoms with van der Waals surface area (Å²) in [6, 6.07) is 163. The van der Waals surface area contributed by atoms with E-state index in [0.717, 1.165) is 95.2 Å². The standard InChI is InChI=1S/C110H71BN2S/c1-9-33-72(34-10-1)84-52-31-53-85(73-35-11-2-12-36-73)105(84)112-100-69-78(76-59-63-96-91(67-76)88-49-25-28-56-94(88)109(96,80-41-17-5-18-42-80)81-43-19-6-20-44-81)61-65-98(100)111-99-66-62-79(77-60-64-97-92(68-77)89-50-26-29-57-95(89)110(97,82-45-21-7-22-46-82)83-47-23-8-24-48-83)70-101(99)113(107-104(111)102(112)71-93-90-51-27-30-58-103(90)114-108(93)107)106-86(74-37-13-3-14-38-74)54-32-55-87(106)75-39-15-4-16-40-75/h1-71H. The average molecular weight is 1460 g/mol. The smallest absolute Gasteiger partial charge is 0.252 e. The molecule has 0 saturated carbocycles. The molecule has 0 radical (unpaired) electrons. The number of hydrogen-bond donors (Lipinski definition) is 0. The van der Waals surface area contributed by atoms with Crippen molar-refractivity contribution in [3.63, 3.8) is 0 Å². The van der Waals surface area contributed by atoms with Crippen molar-refractivity contribution < 1.29 is 0 Å². The zero-order valence-corrected chi connectivity index (χ0v) is 63.2. The molecule has 0 saturated heterocycles. The van der Waals surface area contributed by atoms with Gasteiger partial charge in [0.05, 0.1) is 32.6 Å². The largest absolute Gasteiger partial charge is 0.310 e. The van der Waals surface area contributed by atoms with Crippen LogP contribution in [-0.4, -0.2) is 6.71 Å². The van der Waals surface area contributed by atoms with Crippen LogP contribution in [0.2, 0.25) is 0 Å². The van der Waals surface area contributed by atoms with Gasteiger partial charge >= 0.3 is 0 Å². The Labute approximate surface area is 668 Å². The van der Waals surface area contributed by atoms with Gasteiger partial charge in [-0.25, -0.2) is 0 Å². The third kappa shape index (κ3) is 9.75. The van der Waals surface area contributed by atoms with Gasteiger partial charge in [0.2, 0.25) is 0 Å².